The second-order valence-corrected chi connectivity index (χ2v) is 3.76. The van der Waals surface area contributed by atoms with E-state index < -0.39 is 0 Å². The molecule has 82 valence electrons. The fourth-order valence-electron chi connectivity index (χ4n) is 1.72. The lowest BCUT2D eigenvalue weighted by Crippen LogP contribution is -2.28. The zero-order valence-corrected chi connectivity index (χ0v) is 9.80. The highest BCUT2D eigenvalue weighted by Gasteiger charge is 2.26. The van der Waals surface area contributed by atoms with Crippen LogP contribution < -0.4 is 0 Å². The van der Waals surface area contributed by atoms with Crippen LogP contribution in [0.1, 0.15) is 53.4 Å². The van der Waals surface area contributed by atoms with E-state index in [4.69, 9.17) is 0 Å². The molecule has 0 atom stereocenters. The molecule has 0 bridgehead atoms. The van der Waals surface area contributed by atoms with E-state index in [1.807, 2.05) is 27.7 Å². The lowest BCUT2D eigenvalue weighted by molar-refractivity contribution is -0.141. The molecule has 0 aliphatic heterocycles. The van der Waals surface area contributed by atoms with Gasteiger partial charge in [-0.2, -0.15) is 0 Å². The summed E-state index contributed by atoms with van der Waals surface area (Å²) in [6.07, 6.45) is 3.12. The van der Waals surface area contributed by atoms with Gasteiger partial charge in [-0.1, -0.05) is 27.7 Å². The van der Waals surface area contributed by atoms with Gasteiger partial charge in [-0.05, 0) is 25.7 Å². The maximum atomic E-state index is 11.7. The third-order valence-corrected chi connectivity index (χ3v) is 2.96. The Bertz CT molecular complexity index is 166. The molecule has 0 unspecified atom stereocenters. The molecule has 0 aromatic heterocycles. The van der Waals surface area contributed by atoms with Crippen molar-refractivity contribution in [2.45, 2.75) is 53.4 Å². The first kappa shape index (κ1) is 13.3. The zero-order chi connectivity index (χ0) is 11.1. The van der Waals surface area contributed by atoms with Crippen molar-refractivity contribution in [2.75, 3.05) is 0 Å². The van der Waals surface area contributed by atoms with Gasteiger partial charge in [0.15, 0.2) is 0 Å². The van der Waals surface area contributed by atoms with Crippen LogP contribution in [0, 0.1) is 11.8 Å². The third kappa shape index (κ3) is 3.24. The summed E-state index contributed by atoms with van der Waals surface area (Å²) in [5.41, 5.74) is 0. The number of hydrogen-bond donors (Lipinski definition) is 0. The Morgan fingerprint density at radius 3 is 1.07 bits per heavy atom. The predicted octanol–water partition coefficient (Wildman–Crippen LogP) is 3.00. The van der Waals surface area contributed by atoms with E-state index >= 15 is 0 Å². The fourth-order valence-corrected chi connectivity index (χ4v) is 1.72. The van der Waals surface area contributed by atoms with Gasteiger partial charge in [0, 0.05) is 11.8 Å². The Morgan fingerprint density at radius 2 is 0.929 bits per heavy atom. The van der Waals surface area contributed by atoms with E-state index in [-0.39, 0.29) is 23.4 Å². The normalized spacial score (nSPS) is 11.0. The summed E-state index contributed by atoms with van der Waals surface area (Å²) in [6, 6.07) is 0. The number of rotatable bonds is 7. The van der Waals surface area contributed by atoms with Crippen molar-refractivity contribution in [1.82, 2.24) is 0 Å². The average molecular weight is 198 g/mol. The minimum absolute atomic E-state index is 0.0527. The highest BCUT2D eigenvalue weighted by atomic mass is 16.2. The van der Waals surface area contributed by atoms with Crippen LogP contribution in [0.15, 0.2) is 0 Å². The molecule has 0 saturated heterocycles. The first-order valence-corrected chi connectivity index (χ1v) is 5.70. The van der Waals surface area contributed by atoms with E-state index in [0.29, 0.717) is 0 Å². The summed E-state index contributed by atoms with van der Waals surface area (Å²) in [4.78, 5) is 23.4. The topological polar surface area (TPSA) is 34.1 Å². The Balaban J connectivity index is 4.43. The standard InChI is InChI=1S/C12H22O2/c1-5-9(6-2)11(13)12(14)10(7-3)8-4/h9-10H,5-8H2,1-4H3. The molecule has 0 N–H and O–H groups in total. The summed E-state index contributed by atoms with van der Waals surface area (Å²) in [5.74, 6) is -0.404. The quantitative estimate of drug-likeness (QED) is 0.589. The van der Waals surface area contributed by atoms with Gasteiger partial charge in [0.25, 0.3) is 0 Å². The highest BCUT2D eigenvalue weighted by Crippen LogP contribution is 2.16. The van der Waals surface area contributed by atoms with Gasteiger partial charge in [0.05, 0.1) is 0 Å². The molecule has 0 heterocycles. The van der Waals surface area contributed by atoms with E-state index in [1.54, 1.807) is 0 Å². The van der Waals surface area contributed by atoms with Crippen molar-refractivity contribution in [1.29, 1.82) is 0 Å². The molecule has 14 heavy (non-hydrogen) atoms. The van der Waals surface area contributed by atoms with Gasteiger partial charge < -0.3 is 0 Å². The highest BCUT2D eigenvalue weighted by molar-refractivity contribution is 6.38. The van der Waals surface area contributed by atoms with Crippen molar-refractivity contribution in [3.8, 4) is 0 Å². The van der Waals surface area contributed by atoms with Crippen LogP contribution in [0.4, 0.5) is 0 Å². The molecule has 0 fully saturated rings. The minimum Gasteiger partial charge on any atom is -0.291 e. The Labute approximate surface area is 87.1 Å². The van der Waals surface area contributed by atoms with Crippen LogP contribution in [0.2, 0.25) is 0 Å². The van der Waals surface area contributed by atoms with E-state index in [9.17, 15) is 9.59 Å². The number of ketones is 2. The van der Waals surface area contributed by atoms with Crippen LogP contribution in [0.3, 0.4) is 0 Å². The van der Waals surface area contributed by atoms with Gasteiger partial charge >= 0.3 is 0 Å². The first-order valence-electron chi connectivity index (χ1n) is 5.70. The molecule has 2 heteroatoms. The minimum atomic E-state index is -0.149. The molecule has 2 nitrogen and oxygen atoms in total. The molecule has 0 aliphatic carbocycles. The van der Waals surface area contributed by atoms with Crippen LogP contribution in [0.25, 0.3) is 0 Å². The van der Waals surface area contributed by atoms with E-state index in [1.165, 1.54) is 0 Å². The number of carbonyl (C=O) groups excluding carboxylic acids is 2. The molecule has 0 aromatic carbocycles. The van der Waals surface area contributed by atoms with E-state index in [0.717, 1.165) is 25.7 Å². The second-order valence-electron chi connectivity index (χ2n) is 3.76. The summed E-state index contributed by atoms with van der Waals surface area (Å²) in [6.45, 7) is 7.86. The molecular formula is C12H22O2. The van der Waals surface area contributed by atoms with Crippen molar-refractivity contribution >= 4 is 11.6 Å². The molecule has 0 radical (unpaired) electrons. The second kappa shape index (κ2) is 6.74. The van der Waals surface area contributed by atoms with Crippen LogP contribution >= 0.6 is 0 Å². The lowest BCUT2D eigenvalue weighted by Gasteiger charge is -2.14. The van der Waals surface area contributed by atoms with Crippen molar-refractivity contribution in [3.05, 3.63) is 0 Å². The predicted molar refractivity (Wildman–Crippen MR) is 58.2 cm³/mol. The average Bonchev–Trinajstić information content (AvgIpc) is 2.21. The molecule has 0 rings (SSSR count). The van der Waals surface area contributed by atoms with Crippen molar-refractivity contribution in [2.24, 2.45) is 11.8 Å². The molecule has 0 spiro atoms. The maximum absolute atomic E-state index is 11.7. The fraction of sp³-hybridized carbons (Fsp3) is 0.833. The number of carbonyl (C=O) groups is 2. The first-order chi connectivity index (χ1) is 6.62. The van der Waals surface area contributed by atoms with Gasteiger partial charge in [-0.15, -0.1) is 0 Å². The van der Waals surface area contributed by atoms with Gasteiger partial charge in [0.2, 0.25) is 11.6 Å². The summed E-state index contributed by atoms with van der Waals surface area (Å²) >= 11 is 0. The van der Waals surface area contributed by atoms with Crippen LogP contribution in [0.5, 0.6) is 0 Å². The SMILES string of the molecule is CCC(CC)C(=O)C(=O)C(CC)CC. The summed E-state index contributed by atoms with van der Waals surface area (Å²) < 4.78 is 0. The molecule has 0 aliphatic rings. The van der Waals surface area contributed by atoms with Crippen LogP contribution in [-0.4, -0.2) is 11.6 Å². The third-order valence-electron chi connectivity index (χ3n) is 2.96. The molecule has 0 aromatic rings. The smallest absolute Gasteiger partial charge is 0.201 e. The molecule has 0 amide bonds. The number of Topliss-reactive ketones (excluding diaryl/α,β-unsaturated/α-hetero) is 2. The lowest BCUT2D eigenvalue weighted by atomic mass is 9.87. The van der Waals surface area contributed by atoms with Crippen molar-refractivity contribution in [3.63, 3.8) is 0 Å². The van der Waals surface area contributed by atoms with Crippen LogP contribution in [-0.2, 0) is 9.59 Å². The molecule has 0 saturated carbocycles. The molecular weight excluding hydrogens is 176 g/mol. The van der Waals surface area contributed by atoms with Gasteiger partial charge in [-0.3, -0.25) is 9.59 Å². The summed E-state index contributed by atoms with van der Waals surface area (Å²) in [7, 11) is 0. The van der Waals surface area contributed by atoms with Crippen molar-refractivity contribution < 1.29 is 9.59 Å². The Morgan fingerprint density at radius 1 is 0.714 bits per heavy atom. The zero-order valence-electron chi connectivity index (χ0n) is 9.80. The maximum Gasteiger partial charge on any atom is 0.201 e. The summed E-state index contributed by atoms with van der Waals surface area (Å²) in [5, 5.41) is 0. The number of hydrogen-bond acceptors (Lipinski definition) is 2. The Hall–Kier alpha value is -0.660. The largest absolute Gasteiger partial charge is 0.291 e. The van der Waals surface area contributed by atoms with Gasteiger partial charge in [-0.25, -0.2) is 0 Å². The van der Waals surface area contributed by atoms with E-state index in [2.05, 4.69) is 0 Å². The Kier molecular flexibility index (Phi) is 6.43. The van der Waals surface area contributed by atoms with Gasteiger partial charge in [0.1, 0.15) is 0 Å². The monoisotopic (exact) mass is 198 g/mol.